The van der Waals surface area contributed by atoms with Gasteiger partial charge < -0.3 is 19.5 Å². The second-order valence-electron chi connectivity index (χ2n) is 8.06. The molecular formula is C26H21Cl3N2O4. The SMILES string of the molecule is CCOC(=O)c1cc2cc(NCc3c(Cl)cccc3Cl)ccc2n1Cc1cc2c(cc1Cl)COO2. The van der Waals surface area contributed by atoms with Crippen LogP contribution in [-0.2, 0) is 29.3 Å². The summed E-state index contributed by atoms with van der Waals surface area (Å²) in [5.74, 6) is 0.223. The molecule has 0 radical (unpaired) electrons. The lowest BCUT2D eigenvalue weighted by Gasteiger charge is -2.13. The molecule has 180 valence electrons. The number of nitrogens with one attached hydrogen (secondary N) is 1. The third-order valence-corrected chi connectivity index (χ3v) is 6.90. The van der Waals surface area contributed by atoms with E-state index in [1.165, 1.54) is 0 Å². The number of hydrogen-bond acceptors (Lipinski definition) is 5. The number of benzene rings is 3. The zero-order chi connectivity index (χ0) is 24.5. The van der Waals surface area contributed by atoms with Crippen LogP contribution in [0.5, 0.6) is 5.75 Å². The molecule has 3 aromatic carbocycles. The number of fused-ring (bicyclic) bond motifs is 2. The Labute approximate surface area is 217 Å². The van der Waals surface area contributed by atoms with Crippen molar-refractivity contribution in [3.05, 3.63) is 92.0 Å². The Kier molecular flexibility index (Phi) is 6.80. The largest absolute Gasteiger partial charge is 0.461 e. The first kappa shape index (κ1) is 23.8. The third-order valence-electron chi connectivity index (χ3n) is 5.84. The maximum atomic E-state index is 12.8. The Morgan fingerprint density at radius 1 is 1.06 bits per heavy atom. The molecule has 0 fully saturated rings. The van der Waals surface area contributed by atoms with Crippen LogP contribution in [0.25, 0.3) is 10.9 Å². The average molecular weight is 532 g/mol. The van der Waals surface area contributed by atoms with Crippen LogP contribution >= 0.6 is 34.8 Å². The molecule has 0 atom stereocenters. The van der Waals surface area contributed by atoms with Gasteiger partial charge in [-0.1, -0.05) is 40.9 Å². The van der Waals surface area contributed by atoms with Gasteiger partial charge in [0.05, 0.1) is 13.2 Å². The molecule has 0 spiro atoms. The van der Waals surface area contributed by atoms with Gasteiger partial charge >= 0.3 is 5.97 Å². The second-order valence-corrected chi connectivity index (χ2v) is 9.28. The first-order valence-corrected chi connectivity index (χ1v) is 12.2. The van der Waals surface area contributed by atoms with Crippen molar-refractivity contribution in [1.29, 1.82) is 0 Å². The minimum atomic E-state index is -0.405. The second kappa shape index (κ2) is 9.99. The van der Waals surface area contributed by atoms with Crippen molar-refractivity contribution < 1.29 is 19.3 Å². The molecule has 35 heavy (non-hydrogen) atoms. The standard InChI is InChI=1S/C26H21Cl3N2O4/c1-2-33-26(32)24-10-15-8-18(30-12-19-20(27)4-3-5-21(19)28)6-7-23(15)31(24)13-16-11-25-17(9-22(16)29)14-34-35-25/h3-11,30H,2,12-14H2,1H3. The highest BCUT2D eigenvalue weighted by molar-refractivity contribution is 6.36. The highest BCUT2D eigenvalue weighted by Crippen LogP contribution is 2.34. The van der Waals surface area contributed by atoms with Gasteiger partial charge in [0.2, 0.25) is 0 Å². The molecule has 1 aliphatic heterocycles. The third kappa shape index (κ3) is 4.80. The molecule has 2 heterocycles. The summed E-state index contributed by atoms with van der Waals surface area (Å²) in [6.07, 6.45) is 0. The molecular weight excluding hydrogens is 511 g/mol. The first-order chi connectivity index (χ1) is 16.9. The number of carbonyl (C=O) groups is 1. The van der Waals surface area contributed by atoms with E-state index in [1.54, 1.807) is 19.1 Å². The van der Waals surface area contributed by atoms with Crippen LogP contribution in [0.2, 0.25) is 15.1 Å². The minimum Gasteiger partial charge on any atom is -0.461 e. The number of hydrogen-bond donors (Lipinski definition) is 1. The maximum Gasteiger partial charge on any atom is 0.354 e. The van der Waals surface area contributed by atoms with Gasteiger partial charge in [-0.25, -0.2) is 4.79 Å². The van der Waals surface area contributed by atoms with Gasteiger partial charge in [-0.2, -0.15) is 4.89 Å². The van der Waals surface area contributed by atoms with E-state index in [2.05, 4.69) is 5.32 Å². The fourth-order valence-electron chi connectivity index (χ4n) is 4.09. The molecule has 0 amide bonds. The van der Waals surface area contributed by atoms with Crippen LogP contribution < -0.4 is 10.2 Å². The lowest BCUT2D eigenvalue weighted by molar-refractivity contribution is -0.194. The van der Waals surface area contributed by atoms with Crippen molar-refractivity contribution in [1.82, 2.24) is 4.57 Å². The van der Waals surface area contributed by atoms with E-state index in [0.29, 0.717) is 46.2 Å². The number of aromatic nitrogens is 1. The van der Waals surface area contributed by atoms with E-state index in [1.807, 2.05) is 47.0 Å². The van der Waals surface area contributed by atoms with Crippen molar-refractivity contribution in [3.8, 4) is 5.75 Å². The van der Waals surface area contributed by atoms with E-state index in [4.69, 9.17) is 49.3 Å². The zero-order valence-electron chi connectivity index (χ0n) is 18.7. The lowest BCUT2D eigenvalue weighted by Crippen LogP contribution is -2.13. The van der Waals surface area contributed by atoms with E-state index in [9.17, 15) is 4.79 Å². The summed E-state index contributed by atoms with van der Waals surface area (Å²) >= 11 is 19.1. The topological polar surface area (TPSA) is 61.7 Å². The molecule has 4 aromatic rings. The Bertz CT molecular complexity index is 1410. The van der Waals surface area contributed by atoms with Crippen molar-refractivity contribution in [2.45, 2.75) is 26.6 Å². The molecule has 0 unspecified atom stereocenters. The molecule has 0 bridgehead atoms. The summed E-state index contributed by atoms with van der Waals surface area (Å²) in [7, 11) is 0. The molecule has 0 saturated heterocycles. The van der Waals surface area contributed by atoms with E-state index in [-0.39, 0.29) is 6.61 Å². The summed E-state index contributed by atoms with van der Waals surface area (Å²) in [6.45, 7) is 3.22. The summed E-state index contributed by atoms with van der Waals surface area (Å²) in [6, 6.07) is 16.8. The highest BCUT2D eigenvalue weighted by atomic mass is 35.5. The number of anilines is 1. The number of rotatable bonds is 7. The fourth-order valence-corrected chi connectivity index (χ4v) is 4.87. The van der Waals surface area contributed by atoms with Crippen LogP contribution in [-0.4, -0.2) is 17.1 Å². The summed E-state index contributed by atoms with van der Waals surface area (Å²) in [5, 5.41) is 6.01. The molecule has 0 aliphatic carbocycles. The van der Waals surface area contributed by atoms with Gasteiger partial charge in [0.25, 0.3) is 0 Å². The van der Waals surface area contributed by atoms with Crippen LogP contribution in [0, 0.1) is 0 Å². The van der Waals surface area contributed by atoms with Gasteiger partial charge in [-0.3, -0.25) is 0 Å². The number of carbonyl (C=O) groups excluding carboxylic acids is 1. The first-order valence-electron chi connectivity index (χ1n) is 11.0. The molecule has 1 N–H and O–H groups in total. The number of ether oxygens (including phenoxy) is 1. The fraction of sp³-hybridized carbons (Fsp3) is 0.192. The van der Waals surface area contributed by atoms with E-state index < -0.39 is 5.97 Å². The highest BCUT2D eigenvalue weighted by Gasteiger charge is 2.21. The normalized spacial score (nSPS) is 12.5. The number of halogens is 3. The molecule has 9 heteroatoms. The number of nitrogens with zero attached hydrogens (tertiary/aromatic N) is 1. The summed E-state index contributed by atoms with van der Waals surface area (Å²) < 4.78 is 7.21. The quantitative estimate of drug-likeness (QED) is 0.201. The van der Waals surface area contributed by atoms with Gasteiger partial charge in [-0.05, 0) is 61.0 Å². The Hall–Kier alpha value is -2.90. The van der Waals surface area contributed by atoms with Gasteiger partial charge in [-0.15, -0.1) is 0 Å². The van der Waals surface area contributed by atoms with Gasteiger partial charge in [0.15, 0.2) is 5.75 Å². The maximum absolute atomic E-state index is 12.8. The van der Waals surface area contributed by atoms with Crippen LogP contribution in [0.4, 0.5) is 5.69 Å². The zero-order valence-corrected chi connectivity index (χ0v) is 21.0. The molecule has 1 aromatic heterocycles. The molecule has 5 rings (SSSR count). The Balaban J connectivity index is 1.49. The Morgan fingerprint density at radius 3 is 2.63 bits per heavy atom. The lowest BCUT2D eigenvalue weighted by atomic mass is 10.1. The van der Waals surface area contributed by atoms with Crippen molar-refractivity contribution in [2.75, 3.05) is 11.9 Å². The average Bonchev–Trinajstić information content (AvgIpc) is 3.43. The Morgan fingerprint density at radius 2 is 1.86 bits per heavy atom. The summed E-state index contributed by atoms with van der Waals surface area (Å²) in [4.78, 5) is 23.1. The van der Waals surface area contributed by atoms with Crippen molar-refractivity contribution >= 4 is 57.4 Å². The number of esters is 1. The van der Waals surface area contributed by atoms with Gasteiger partial charge in [0.1, 0.15) is 12.3 Å². The smallest absolute Gasteiger partial charge is 0.354 e. The predicted molar refractivity (Wildman–Crippen MR) is 138 cm³/mol. The van der Waals surface area contributed by atoms with Crippen molar-refractivity contribution in [2.24, 2.45) is 0 Å². The molecule has 1 aliphatic rings. The molecule has 0 saturated carbocycles. The summed E-state index contributed by atoms with van der Waals surface area (Å²) in [5.41, 5.74) is 4.66. The minimum absolute atomic E-state index is 0.274. The monoisotopic (exact) mass is 530 g/mol. The van der Waals surface area contributed by atoms with Gasteiger partial charge in [0, 0.05) is 49.3 Å². The van der Waals surface area contributed by atoms with E-state index >= 15 is 0 Å². The van der Waals surface area contributed by atoms with Crippen LogP contribution in [0.1, 0.15) is 34.1 Å². The molecule has 6 nitrogen and oxygen atoms in total. The van der Waals surface area contributed by atoms with E-state index in [0.717, 1.165) is 33.3 Å². The van der Waals surface area contributed by atoms with Crippen LogP contribution in [0.15, 0.2) is 54.6 Å². The predicted octanol–water partition coefficient (Wildman–Crippen LogP) is 7.26. The van der Waals surface area contributed by atoms with Crippen molar-refractivity contribution in [3.63, 3.8) is 0 Å². The van der Waals surface area contributed by atoms with Crippen LogP contribution in [0.3, 0.4) is 0 Å².